The molecule has 1 saturated heterocycles. The molecule has 1 N–H and O–H groups in total. The van der Waals surface area contributed by atoms with Gasteiger partial charge in [-0.15, -0.1) is 0 Å². The van der Waals surface area contributed by atoms with E-state index >= 15 is 0 Å². The lowest BCUT2D eigenvalue weighted by atomic mass is 10.4. The Labute approximate surface area is 63.0 Å². The molecular weight excluding hydrogens is 161 g/mol. The Morgan fingerprint density at radius 2 is 1.45 bits per heavy atom. The molecule has 1 aliphatic heterocycles. The van der Waals surface area contributed by atoms with Gasteiger partial charge in [0.1, 0.15) is 0 Å². The van der Waals surface area contributed by atoms with Gasteiger partial charge in [0.2, 0.25) is 0 Å². The van der Waals surface area contributed by atoms with Gasteiger partial charge in [-0.25, -0.2) is 13.2 Å². The molecule has 2 nitrogen and oxygen atoms in total. The van der Waals surface area contributed by atoms with Crippen LogP contribution in [0.25, 0.3) is 0 Å². The first-order chi connectivity index (χ1) is 5.14. The lowest BCUT2D eigenvalue weighted by Crippen LogP contribution is -2.08. The minimum Gasteiger partial charge on any atom is -0.381 e. The van der Waals surface area contributed by atoms with E-state index < -0.39 is 12.8 Å². The first kappa shape index (κ1) is 10.7. The van der Waals surface area contributed by atoms with Gasteiger partial charge in [0.15, 0.2) is 0 Å². The van der Waals surface area contributed by atoms with E-state index in [1.807, 2.05) is 0 Å². The van der Waals surface area contributed by atoms with Crippen molar-refractivity contribution in [3.63, 3.8) is 0 Å². The maximum atomic E-state index is 10.6. The normalized spacial score (nSPS) is 19.4. The summed E-state index contributed by atoms with van der Waals surface area (Å²) in [5, 5.41) is 7.21. The quantitative estimate of drug-likeness (QED) is 0.646. The van der Waals surface area contributed by atoms with Crippen LogP contribution >= 0.6 is 0 Å². The van der Waals surface area contributed by atoms with Crippen molar-refractivity contribution in [3.05, 3.63) is 0 Å². The molecule has 1 aliphatic rings. The molecule has 1 rings (SSSR count). The number of hydrogen-bond acceptors (Lipinski definition) is 2. The molecule has 0 spiro atoms. The summed E-state index contributed by atoms with van der Waals surface area (Å²) < 4.78 is 36.6. The highest BCUT2D eigenvalue weighted by molar-refractivity contribution is 4.43. The van der Waals surface area contributed by atoms with E-state index in [-0.39, 0.29) is 0 Å². The lowest BCUT2D eigenvalue weighted by molar-refractivity contribution is -0.0843. The molecule has 0 radical (unpaired) electrons. The molecule has 0 saturated carbocycles. The topological polar surface area (TPSA) is 29.5 Å². The van der Waals surface area contributed by atoms with Gasteiger partial charge in [-0.05, 0) is 12.8 Å². The highest BCUT2D eigenvalue weighted by atomic mass is 19.3. The second-order valence-electron chi connectivity index (χ2n) is 2.03. The van der Waals surface area contributed by atoms with Crippen LogP contribution in [0.5, 0.6) is 0 Å². The smallest absolute Gasteiger partial charge is 0.293 e. The summed E-state index contributed by atoms with van der Waals surface area (Å²) in [7, 11) is 0. The summed E-state index contributed by atoms with van der Waals surface area (Å²) in [5.74, 6) is 0. The Kier molecular flexibility index (Phi) is 6.25. The second kappa shape index (κ2) is 6.42. The largest absolute Gasteiger partial charge is 0.381 e. The molecule has 0 aromatic rings. The van der Waals surface area contributed by atoms with E-state index in [2.05, 4.69) is 0 Å². The van der Waals surface area contributed by atoms with Crippen LogP contribution in [-0.2, 0) is 4.74 Å². The minimum absolute atomic E-state index is 1.00. The first-order valence-electron chi connectivity index (χ1n) is 3.32. The summed E-state index contributed by atoms with van der Waals surface area (Å²) in [5.41, 5.74) is 0. The van der Waals surface area contributed by atoms with Gasteiger partial charge in [-0.3, -0.25) is 0 Å². The third-order valence-electron chi connectivity index (χ3n) is 1.04. The van der Waals surface area contributed by atoms with Crippen molar-refractivity contribution in [1.82, 2.24) is 0 Å². The second-order valence-corrected chi connectivity index (χ2v) is 2.03. The summed E-state index contributed by atoms with van der Waals surface area (Å²) in [6.45, 7) is 2.00. The highest BCUT2D eigenvalue weighted by Gasteiger charge is 2.12. The predicted molar refractivity (Wildman–Crippen MR) is 33.2 cm³/mol. The number of hydrogen-bond donors (Lipinski definition) is 1. The maximum Gasteiger partial charge on any atom is 0.293 e. The molecular formula is C6H11F3O2. The van der Waals surface area contributed by atoms with Crippen LogP contribution in [0.3, 0.4) is 0 Å². The van der Waals surface area contributed by atoms with Crippen LogP contribution in [0.2, 0.25) is 0 Å². The monoisotopic (exact) mass is 172 g/mol. The molecule has 1 unspecified atom stereocenters. The van der Waals surface area contributed by atoms with Gasteiger partial charge in [-0.2, -0.15) is 0 Å². The van der Waals surface area contributed by atoms with Crippen LogP contribution in [0.1, 0.15) is 12.8 Å². The van der Waals surface area contributed by atoms with Gasteiger partial charge in [0, 0.05) is 13.2 Å². The fraction of sp³-hybridized carbons (Fsp3) is 1.00. The first-order valence-corrected chi connectivity index (χ1v) is 3.32. The SMILES string of the molecule is C1CCOC1.OC(F)C(F)F. The van der Waals surface area contributed by atoms with E-state index in [1.54, 1.807) is 0 Å². The minimum atomic E-state index is -3.26. The summed E-state index contributed by atoms with van der Waals surface area (Å²) in [4.78, 5) is 0. The standard InChI is InChI=1S/C4H8O.C2H3F3O/c1-2-4-5-3-1;3-1(4)2(5)6/h1-4H2;1-2,6H. The van der Waals surface area contributed by atoms with Crippen molar-refractivity contribution in [1.29, 1.82) is 0 Å². The fourth-order valence-corrected chi connectivity index (χ4v) is 0.510. The molecule has 0 aromatic carbocycles. The molecule has 0 bridgehead atoms. The zero-order valence-electron chi connectivity index (χ0n) is 5.97. The average Bonchev–Trinajstić information content (AvgIpc) is 2.41. The number of aliphatic hydroxyl groups is 1. The number of halogens is 3. The van der Waals surface area contributed by atoms with Crippen molar-refractivity contribution in [2.45, 2.75) is 25.6 Å². The Morgan fingerprint density at radius 3 is 1.55 bits per heavy atom. The van der Waals surface area contributed by atoms with E-state index in [1.165, 1.54) is 12.8 Å². The lowest BCUT2D eigenvalue weighted by Gasteiger charge is -1.92. The van der Waals surface area contributed by atoms with Crippen LogP contribution < -0.4 is 0 Å². The van der Waals surface area contributed by atoms with Gasteiger partial charge < -0.3 is 9.84 Å². The number of aliphatic hydroxyl groups excluding tert-OH is 1. The molecule has 1 fully saturated rings. The summed E-state index contributed by atoms with van der Waals surface area (Å²) >= 11 is 0. The maximum absolute atomic E-state index is 10.6. The third-order valence-corrected chi connectivity index (χ3v) is 1.04. The zero-order valence-corrected chi connectivity index (χ0v) is 5.97. The van der Waals surface area contributed by atoms with Crippen molar-refractivity contribution in [2.24, 2.45) is 0 Å². The predicted octanol–water partition coefficient (Wildman–Crippen LogP) is 1.34. The van der Waals surface area contributed by atoms with Crippen molar-refractivity contribution >= 4 is 0 Å². The number of rotatable bonds is 1. The van der Waals surface area contributed by atoms with E-state index in [4.69, 9.17) is 9.84 Å². The highest BCUT2D eigenvalue weighted by Crippen LogP contribution is 1.99. The summed E-state index contributed by atoms with van der Waals surface area (Å²) in [6.07, 6.45) is -3.69. The average molecular weight is 172 g/mol. The molecule has 1 atom stereocenters. The molecule has 11 heavy (non-hydrogen) atoms. The van der Waals surface area contributed by atoms with E-state index in [0.717, 1.165) is 13.2 Å². The van der Waals surface area contributed by atoms with Crippen LogP contribution in [0, 0.1) is 0 Å². The molecule has 1 heterocycles. The van der Waals surface area contributed by atoms with E-state index in [9.17, 15) is 13.2 Å². The van der Waals surface area contributed by atoms with Gasteiger partial charge in [-0.1, -0.05) is 0 Å². The van der Waals surface area contributed by atoms with Crippen LogP contribution in [0.4, 0.5) is 13.2 Å². The molecule has 0 aliphatic carbocycles. The van der Waals surface area contributed by atoms with Crippen molar-refractivity contribution in [3.8, 4) is 0 Å². The number of alkyl halides is 3. The van der Waals surface area contributed by atoms with Gasteiger partial charge in [0.05, 0.1) is 0 Å². The summed E-state index contributed by atoms with van der Waals surface area (Å²) in [6, 6.07) is 0. The molecule has 5 heteroatoms. The Bertz CT molecular complexity index is 70.3. The third kappa shape index (κ3) is 7.61. The van der Waals surface area contributed by atoms with Gasteiger partial charge >= 0.3 is 0 Å². The van der Waals surface area contributed by atoms with Gasteiger partial charge in [0.25, 0.3) is 12.8 Å². The fourth-order valence-electron chi connectivity index (χ4n) is 0.510. The van der Waals surface area contributed by atoms with Crippen LogP contribution in [-0.4, -0.2) is 31.1 Å². The zero-order chi connectivity index (χ0) is 8.69. The Morgan fingerprint density at radius 1 is 1.09 bits per heavy atom. The van der Waals surface area contributed by atoms with Crippen LogP contribution in [0.15, 0.2) is 0 Å². The van der Waals surface area contributed by atoms with E-state index in [0.29, 0.717) is 0 Å². The molecule has 0 amide bonds. The Balaban J connectivity index is 0.000000183. The van der Waals surface area contributed by atoms with Crippen molar-refractivity contribution < 1.29 is 23.0 Å². The Hall–Kier alpha value is -0.290. The van der Waals surface area contributed by atoms with Crippen molar-refractivity contribution in [2.75, 3.05) is 13.2 Å². The molecule has 0 aromatic heterocycles. The number of ether oxygens (including phenoxy) is 1. The molecule has 68 valence electrons.